The van der Waals surface area contributed by atoms with Crippen LogP contribution in [-0.4, -0.2) is 49.2 Å². The molecule has 1 heterocycles. The summed E-state index contributed by atoms with van der Waals surface area (Å²) in [7, 11) is 0. The standard InChI is InChI=1S/C20H31BrN4O2.HI/c1-3-15(12-16-6-5-7-17(21)13-16)14-23-19(22)24-18-8-10-25(11-9-18)20(26)27-4-2;/h5-7,13,15,18H,3-4,8-12,14H2,1-2H3,(H3,22,23,24);1H. The molecule has 1 aliphatic heterocycles. The van der Waals surface area contributed by atoms with E-state index in [1.807, 2.05) is 13.0 Å². The number of hydrogen-bond acceptors (Lipinski definition) is 3. The third kappa shape index (κ3) is 8.55. The summed E-state index contributed by atoms with van der Waals surface area (Å²) in [5.74, 6) is 0.961. The average Bonchev–Trinajstić information content (AvgIpc) is 2.66. The van der Waals surface area contributed by atoms with E-state index in [-0.39, 0.29) is 36.1 Å². The van der Waals surface area contributed by atoms with Crippen LogP contribution in [0.4, 0.5) is 4.79 Å². The molecule has 0 bridgehead atoms. The monoisotopic (exact) mass is 566 g/mol. The molecule has 0 spiro atoms. The number of halogens is 2. The highest BCUT2D eigenvalue weighted by Crippen LogP contribution is 2.17. The van der Waals surface area contributed by atoms with E-state index in [9.17, 15) is 4.79 Å². The van der Waals surface area contributed by atoms with E-state index in [2.05, 4.69) is 51.4 Å². The first-order valence-corrected chi connectivity index (χ1v) is 10.5. The van der Waals surface area contributed by atoms with E-state index in [0.717, 1.165) is 30.2 Å². The lowest BCUT2D eigenvalue weighted by atomic mass is 9.97. The van der Waals surface area contributed by atoms with Crippen molar-refractivity contribution in [3.63, 3.8) is 0 Å². The van der Waals surface area contributed by atoms with Crippen molar-refractivity contribution in [2.45, 2.75) is 45.6 Å². The lowest BCUT2D eigenvalue weighted by Crippen LogP contribution is -2.48. The molecule has 2 rings (SSSR count). The molecule has 158 valence electrons. The number of aliphatic imine (C=N–C) groups is 1. The quantitative estimate of drug-likeness (QED) is 0.295. The third-order valence-electron chi connectivity index (χ3n) is 4.88. The van der Waals surface area contributed by atoms with Gasteiger partial charge in [0.15, 0.2) is 5.96 Å². The summed E-state index contributed by atoms with van der Waals surface area (Å²) < 4.78 is 6.15. The maximum Gasteiger partial charge on any atom is 0.409 e. The van der Waals surface area contributed by atoms with Crippen molar-refractivity contribution in [2.75, 3.05) is 26.2 Å². The zero-order chi connectivity index (χ0) is 19.6. The average molecular weight is 567 g/mol. The highest BCUT2D eigenvalue weighted by atomic mass is 127. The van der Waals surface area contributed by atoms with Gasteiger partial charge in [-0.3, -0.25) is 4.99 Å². The second-order valence-corrected chi connectivity index (χ2v) is 7.85. The smallest absolute Gasteiger partial charge is 0.409 e. The summed E-state index contributed by atoms with van der Waals surface area (Å²) in [4.78, 5) is 18.0. The van der Waals surface area contributed by atoms with Crippen molar-refractivity contribution in [3.05, 3.63) is 34.3 Å². The molecule has 28 heavy (non-hydrogen) atoms. The van der Waals surface area contributed by atoms with Gasteiger partial charge in [0.2, 0.25) is 0 Å². The molecule has 1 aromatic carbocycles. The maximum absolute atomic E-state index is 11.7. The fourth-order valence-corrected chi connectivity index (χ4v) is 3.69. The molecule has 3 N–H and O–H groups in total. The Balaban J connectivity index is 0.00000392. The first-order valence-electron chi connectivity index (χ1n) is 9.74. The van der Waals surface area contributed by atoms with Gasteiger partial charge in [-0.15, -0.1) is 24.0 Å². The number of hydrogen-bond donors (Lipinski definition) is 2. The van der Waals surface area contributed by atoms with Crippen LogP contribution in [0.3, 0.4) is 0 Å². The fraction of sp³-hybridized carbons (Fsp3) is 0.600. The minimum Gasteiger partial charge on any atom is -0.450 e. The van der Waals surface area contributed by atoms with Gasteiger partial charge in [-0.25, -0.2) is 4.79 Å². The zero-order valence-electron chi connectivity index (χ0n) is 16.7. The number of nitrogens with one attached hydrogen (secondary N) is 1. The SMILES string of the molecule is CCOC(=O)N1CCC(NC(N)=NCC(CC)Cc2cccc(Br)c2)CC1.I. The number of guanidine groups is 1. The molecular weight excluding hydrogens is 535 g/mol. The maximum atomic E-state index is 11.7. The molecule has 1 aliphatic rings. The van der Waals surface area contributed by atoms with Crippen LogP contribution in [0, 0.1) is 5.92 Å². The second kappa shape index (κ2) is 13.2. The van der Waals surface area contributed by atoms with E-state index in [0.29, 0.717) is 38.1 Å². The van der Waals surface area contributed by atoms with Gasteiger partial charge in [-0.1, -0.05) is 41.4 Å². The van der Waals surface area contributed by atoms with Crippen LogP contribution in [0.5, 0.6) is 0 Å². The minimum atomic E-state index is -0.226. The molecule has 1 saturated heterocycles. The first kappa shape index (κ1) is 25.0. The summed E-state index contributed by atoms with van der Waals surface area (Å²) in [6.07, 6.45) is 3.52. The Morgan fingerprint density at radius 2 is 2.11 bits per heavy atom. The van der Waals surface area contributed by atoms with Crippen molar-refractivity contribution >= 4 is 52.0 Å². The molecule has 0 aromatic heterocycles. The molecule has 0 saturated carbocycles. The minimum absolute atomic E-state index is 0. The van der Waals surface area contributed by atoms with Crippen LogP contribution >= 0.6 is 39.9 Å². The number of amides is 1. The van der Waals surface area contributed by atoms with Crippen molar-refractivity contribution < 1.29 is 9.53 Å². The normalized spacial score (nSPS) is 16.2. The second-order valence-electron chi connectivity index (χ2n) is 6.94. The van der Waals surface area contributed by atoms with Gasteiger partial charge < -0.3 is 20.7 Å². The van der Waals surface area contributed by atoms with Crippen LogP contribution in [-0.2, 0) is 11.2 Å². The number of nitrogens with two attached hydrogens (primary N) is 1. The number of nitrogens with zero attached hydrogens (tertiary/aromatic N) is 2. The largest absolute Gasteiger partial charge is 0.450 e. The summed E-state index contributed by atoms with van der Waals surface area (Å²) in [5, 5.41) is 3.30. The number of ether oxygens (including phenoxy) is 1. The van der Waals surface area contributed by atoms with E-state index < -0.39 is 0 Å². The topological polar surface area (TPSA) is 80.0 Å². The molecule has 6 nitrogen and oxygen atoms in total. The molecule has 1 amide bonds. The van der Waals surface area contributed by atoms with E-state index in [4.69, 9.17) is 10.5 Å². The van der Waals surface area contributed by atoms with Crippen LogP contribution in [0.15, 0.2) is 33.7 Å². The first-order chi connectivity index (χ1) is 13.0. The molecule has 1 fully saturated rings. The van der Waals surface area contributed by atoms with Gasteiger partial charge in [0.1, 0.15) is 0 Å². The third-order valence-corrected chi connectivity index (χ3v) is 5.38. The summed E-state index contributed by atoms with van der Waals surface area (Å²) in [6, 6.07) is 8.66. The Kier molecular flexibility index (Phi) is 11.8. The summed E-state index contributed by atoms with van der Waals surface area (Å²) in [6.45, 7) is 6.50. The van der Waals surface area contributed by atoms with Crippen LogP contribution < -0.4 is 11.1 Å². The highest BCUT2D eigenvalue weighted by Gasteiger charge is 2.23. The Morgan fingerprint density at radius 1 is 1.39 bits per heavy atom. The fourth-order valence-electron chi connectivity index (χ4n) is 3.24. The lowest BCUT2D eigenvalue weighted by molar-refractivity contribution is 0.0963. The Labute approximate surface area is 193 Å². The van der Waals surface area contributed by atoms with Crippen molar-refractivity contribution in [1.29, 1.82) is 0 Å². The molecular formula is C20H32BrIN4O2. The molecule has 0 radical (unpaired) electrons. The van der Waals surface area contributed by atoms with Crippen molar-refractivity contribution in [1.82, 2.24) is 10.2 Å². The van der Waals surface area contributed by atoms with Gasteiger partial charge in [-0.05, 0) is 49.8 Å². The van der Waals surface area contributed by atoms with E-state index in [1.165, 1.54) is 5.56 Å². The molecule has 1 unspecified atom stereocenters. The van der Waals surface area contributed by atoms with Gasteiger partial charge in [0.25, 0.3) is 0 Å². The number of carbonyl (C=O) groups excluding carboxylic acids is 1. The predicted octanol–water partition coefficient (Wildman–Crippen LogP) is 4.16. The molecule has 0 aliphatic carbocycles. The van der Waals surface area contributed by atoms with Crippen molar-refractivity contribution in [3.8, 4) is 0 Å². The van der Waals surface area contributed by atoms with Crippen LogP contribution in [0.25, 0.3) is 0 Å². The van der Waals surface area contributed by atoms with Gasteiger partial charge >= 0.3 is 6.09 Å². The van der Waals surface area contributed by atoms with Crippen LogP contribution in [0.2, 0.25) is 0 Å². The van der Waals surface area contributed by atoms with Gasteiger partial charge in [-0.2, -0.15) is 0 Å². The molecule has 1 atom stereocenters. The van der Waals surface area contributed by atoms with E-state index >= 15 is 0 Å². The predicted molar refractivity (Wildman–Crippen MR) is 128 cm³/mol. The molecule has 1 aromatic rings. The summed E-state index contributed by atoms with van der Waals surface area (Å²) in [5.41, 5.74) is 7.40. The van der Waals surface area contributed by atoms with Crippen molar-refractivity contribution in [2.24, 2.45) is 16.6 Å². The molecule has 8 heteroatoms. The Bertz CT molecular complexity index is 636. The van der Waals surface area contributed by atoms with Crippen LogP contribution in [0.1, 0.15) is 38.7 Å². The van der Waals surface area contributed by atoms with E-state index in [1.54, 1.807) is 4.90 Å². The zero-order valence-corrected chi connectivity index (χ0v) is 20.6. The van der Waals surface area contributed by atoms with Gasteiger partial charge in [0.05, 0.1) is 6.61 Å². The number of rotatable bonds is 7. The van der Waals surface area contributed by atoms with Gasteiger partial charge in [0, 0.05) is 30.1 Å². The Hall–Kier alpha value is -1.03. The number of benzene rings is 1. The number of carbonyl (C=O) groups is 1. The number of piperidine rings is 1. The number of likely N-dealkylation sites (tertiary alicyclic amines) is 1. The Morgan fingerprint density at radius 3 is 2.71 bits per heavy atom. The summed E-state index contributed by atoms with van der Waals surface area (Å²) >= 11 is 3.52. The lowest BCUT2D eigenvalue weighted by Gasteiger charge is -2.31. The highest BCUT2D eigenvalue weighted by molar-refractivity contribution is 14.0.